The molecule has 0 atom stereocenters. The number of carbonyl (C=O) groups excluding carboxylic acids is 3. The maximum Gasteiger partial charge on any atom is 0.261 e. The third-order valence-electron chi connectivity index (χ3n) is 4.86. The van der Waals surface area contributed by atoms with Crippen molar-refractivity contribution in [1.29, 1.82) is 0 Å². The first kappa shape index (κ1) is 19.7. The average molecular weight is 425 g/mol. The fourth-order valence-electron chi connectivity index (χ4n) is 3.26. The third kappa shape index (κ3) is 3.44. The van der Waals surface area contributed by atoms with Crippen molar-refractivity contribution >= 4 is 35.0 Å². The number of methoxy groups -OCH3 is 1. The first-order chi connectivity index (χ1) is 14.4. The van der Waals surface area contributed by atoms with Crippen LogP contribution in [-0.2, 0) is 6.54 Å². The monoisotopic (exact) mass is 424 g/mol. The van der Waals surface area contributed by atoms with Crippen LogP contribution in [0.5, 0.6) is 5.75 Å². The SMILES string of the molecule is COc1cc(Cl)c(C)cc1NC(=O)c1ccc2c(c1)C(=O)N(Cc1ccco1)C2=O. The van der Waals surface area contributed by atoms with Crippen LogP contribution in [0.2, 0.25) is 5.02 Å². The van der Waals surface area contributed by atoms with E-state index in [1.54, 1.807) is 24.3 Å². The first-order valence-corrected chi connectivity index (χ1v) is 9.45. The van der Waals surface area contributed by atoms with Gasteiger partial charge in [0.2, 0.25) is 0 Å². The zero-order valence-electron chi connectivity index (χ0n) is 16.2. The van der Waals surface area contributed by atoms with Gasteiger partial charge in [-0.15, -0.1) is 0 Å². The van der Waals surface area contributed by atoms with E-state index in [4.69, 9.17) is 20.8 Å². The smallest absolute Gasteiger partial charge is 0.261 e. The predicted octanol–water partition coefficient (Wildman–Crippen LogP) is 4.30. The number of hydrogen-bond donors (Lipinski definition) is 1. The fraction of sp³-hybridized carbons (Fsp3) is 0.136. The van der Waals surface area contributed by atoms with Crippen molar-refractivity contribution in [2.24, 2.45) is 0 Å². The predicted molar refractivity (Wildman–Crippen MR) is 110 cm³/mol. The van der Waals surface area contributed by atoms with E-state index in [1.165, 1.54) is 31.6 Å². The van der Waals surface area contributed by atoms with Gasteiger partial charge in [-0.05, 0) is 48.9 Å². The van der Waals surface area contributed by atoms with Crippen LogP contribution in [-0.4, -0.2) is 29.7 Å². The highest BCUT2D eigenvalue weighted by atomic mass is 35.5. The number of nitrogens with zero attached hydrogens (tertiary/aromatic N) is 1. The molecular formula is C22H17ClN2O5. The Bertz CT molecular complexity index is 1170. The lowest BCUT2D eigenvalue weighted by atomic mass is 10.1. The molecule has 0 saturated heterocycles. The third-order valence-corrected chi connectivity index (χ3v) is 5.26. The highest BCUT2D eigenvalue weighted by Gasteiger charge is 2.36. The van der Waals surface area contributed by atoms with Crippen LogP contribution in [0.3, 0.4) is 0 Å². The van der Waals surface area contributed by atoms with Gasteiger partial charge >= 0.3 is 0 Å². The van der Waals surface area contributed by atoms with E-state index in [2.05, 4.69) is 5.32 Å². The van der Waals surface area contributed by atoms with Gasteiger partial charge in [-0.2, -0.15) is 0 Å². The fourth-order valence-corrected chi connectivity index (χ4v) is 3.41. The number of carbonyl (C=O) groups is 3. The summed E-state index contributed by atoms with van der Waals surface area (Å²) in [5.41, 5.74) is 1.90. The summed E-state index contributed by atoms with van der Waals surface area (Å²) >= 11 is 6.10. The number of nitrogens with one attached hydrogen (secondary N) is 1. The number of furan rings is 1. The van der Waals surface area contributed by atoms with Gasteiger partial charge in [-0.25, -0.2) is 0 Å². The van der Waals surface area contributed by atoms with Crippen LogP contribution in [0.1, 0.15) is 42.4 Å². The van der Waals surface area contributed by atoms with Crippen molar-refractivity contribution in [3.63, 3.8) is 0 Å². The van der Waals surface area contributed by atoms with Gasteiger partial charge in [0.05, 0.1) is 36.7 Å². The van der Waals surface area contributed by atoms with E-state index in [0.717, 1.165) is 10.5 Å². The second-order valence-electron chi connectivity index (χ2n) is 6.79. The van der Waals surface area contributed by atoms with Gasteiger partial charge in [0.1, 0.15) is 11.5 Å². The maximum absolute atomic E-state index is 12.8. The minimum atomic E-state index is -0.471. The molecule has 30 heavy (non-hydrogen) atoms. The Hall–Kier alpha value is -3.58. The Balaban J connectivity index is 1.59. The number of anilines is 1. The number of ether oxygens (including phenoxy) is 1. The Morgan fingerprint density at radius 1 is 1.13 bits per heavy atom. The van der Waals surface area contributed by atoms with E-state index in [1.807, 2.05) is 6.92 Å². The normalized spacial score (nSPS) is 12.8. The molecule has 8 heteroatoms. The van der Waals surface area contributed by atoms with Crippen LogP contribution in [0.25, 0.3) is 0 Å². The second kappa shape index (κ2) is 7.68. The number of benzene rings is 2. The van der Waals surface area contributed by atoms with Gasteiger partial charge in [0.25, 0.3) is 17.7 Å². The van der Waals surface area contributed by atoms with Gasteiger partial charge in [-0.3, -0.25) is 19.3 Å². The lowest BCUT2D eigenvalue weighted by molar-refractivity contribution is 0.0631. The van der Waals surface area contributed by atoms with Crippen LogP contribution in [0, 0.1) is 6.92 Å². The zero-order valence-corrected chi connectivity index (χ0v) is 16.9. The van der Waals surface area contributed by atoms with Gasteiger partial charge in [0, 0.05) is 16.7 Å². The molecule has 2 aromatic carbocycles. The van der Waals surface area contributed by atoms with Crippen LogP contribution in [0.4, 0.5) is 5.69 Å². The Morgan fingerprint density at radius 3 is 2.60 bits per heavy atom. The molecule has 0 aliphatic carbocycles. The molecule has 4 rings (SSSR count). The molecule has 1 aromatic heterocycles. The molecule has 1 aliphatic rings. The van der Waals surface area contributed by atoms with Crippen molar-refractivity contribution in [1.82, 2.24) is 4.90 Å². The molecule has 7 nitrogen and oxygen atoms in total. The minimum absolute atomic E-state index is 0.0299. The quantitative estimate of drug-likeness (QED) is 0.617. The van der Waals surface area contributed by atoms with E-state index >= 15 is 0 Å². The van der Waals surface area contributed by atoms with E-state index in [-0.39, 0.29) is 23.2 Å². The summed E-state index contributed by atoms with van der Waals surface area (Å²) in [4.78, 5) is 39.2. The Morgan fingerprint density at radius 2 is 1.90 bits per heavy atom. The highest BCUT2D eigenvalue weighted by Crippen LogP contribution is 2.32. The molecule has 1 aliphatic heterocycles. The lowest BCUT2D eigenvalue weighted by Gasteiger charge is -2.12. The molecule has 0 bridgehead atoms. The number of halogens is 1. The Labute approximate surface area is 177 Å². The summed E-state index contributed by atoms with van der Waals surface area (Å²) in [6, 6.07) is 11.1. The molecule has 3 aromatic rings. The maximum atomic E-state index is 12.8. The van der Waals surface area contributed by atoms with Crippen molar-refractivity contribution in [2.75, 3.05) is 12.4 Å². The molecule has 0 saturated carbocycles. The van der Waals surface area contributed by atoms with Crippen LogP contribution >= 0.6 is 11.6 Å². The molecule has 0 fully saturated rings. The van der Waals surface area contributed by atoms with Gasteiger partial charge in [-0.1, -0.05) is 11.6 Å². The highest BCUT2D eigenvalue weighted by molar-refractivity contribution is 6.31. The average Bonchev–Trinajstić information content (AvgIpc) is 3.33. The van der Waals surface area contributed by atoms with E-state index in [0.29, 0.717) is 22.2 Å². The zero-order chi connectivity index (χ0) is 21.4. The number of rotatable bonds is 5. The molecule has 3 amide bonds. The second-order valence-corrected chi connectivity index (χ2v) is 7.20. The largest absolute Gasteiger partial charge is 0.495 e. The number of imide groups is 1. The summed E-state index contributed by atoms with van der Waals surface area (Å²) in [5, 5.41) is 3.28. The topological polar surface area (TPSA) is 88.8 Å². The van der Waals surface area contributed by atoms with Crippen molar-refractivity contribution in [2.45, 2.75) is 13.5 Å². The molecule has 152 valence electrons. The molecule has 1 N–H and O–H groups in total. The standard InChI is InChI=1S/C22H17ClN2O5/c1-12-8-18(19(29-2)10-17(12)23)24-20(26)13-5-6-15-16(9-13)22(28)25(21(15)27)11-14-4-3-7-30-14/h3-10H,11H2,1-2H3,(H,24,26). The number of aryl methyl sites for hydroxylation is 1. The number of fused-ring (bicyclic) bond motifs is 1. The van der Waals surface area contributed by atoms with E-state index < -0.39 is 17.7 Å². The summed E-state index contributed by atoms with van der Waals surface area (Å²) in [7, 11) is 1.48. The van der Waals surface area contributed by atoms with Crippen molar-refractivity contribution in [3.8, 4) is 5.75 Å². The molecule has 0 radical (unpaired) electrons. The Kier molecular flexibility index (Phi) is 5.05. The lowest BCUT2D eigenvalue weighted by Crippen LogP contribution is -2.28. The van der Waals surface area contributed by atoms with Gasteiger partial charge in [0.15, 0.2) is 0 Å². The van der Waals surface area contributed by atoms with Crippen molar-refractivity contribution < 1.29 is 23.5 Å². The molecular weight excluding hydrogens is 408 g/mol. The summed E-state index contributed by atoms with van der Waals surface area (Å²) < 4.78 is 10.5. The van der Waals surface area contributed by atoms with Crippen LogP contribution < -0.4 is 10.1 Å². The van der Waals surface area contributed by atoms with Crippen LogP contribution in [0.15, 0.2) is 53.1 Å². The van der Waals surface area contributed by atoms with E-state index in [9.17, 15) is 14.4 Å². The number of amides is 3. The molecule has 0 unspecified atom stereocenters. The van der Waals surface area contributed by atoms with Gasteiger partial charge < -0.3 is 14.5 Å². The number of hydrogen-bond acceptors (Lipinski definition) is 5. The molecule has 2 heterocycles. The minimum Gasteiger partial charge on any atom is -0.495 e. The summed E-state index contributed by atoms with van der Waals surface area (Å²) in [5.74, 6) is -0.430. The summed E-state index contributed by atoms with van der Waals surface area (Å²) in [6.45, 7) is 1.84. The molecule has 0 spiro atoms. The van der Waals surface area contributed by atoms with Crippen molar-refractivity contribution in [3.05, 3.63) is 81.8 Å². The summed E-state index contributed by atoms with van der Waals surface area (Å²) in [6.07, 6.45) is 1.47. The first-order valence-electron chi connectivity index (χ1n) is 9.07.